The SMILES string of the molecule is Cc1ccc2c(-c3ccoc3)ccnc2c1. The van der Waals surface area contributed by atoms with E-state index in [4.69, 9.17) is 4.42 Å². The second kappa shape index (κ2) is 3.49. The zero-order chi connectivity index (χ0) is 11.0. The first-order valence-electron chi connectivity index (χ1n) is 5.22. The van der Waals surface area contributed by atoms with E-state index < -0.39 is 0 Å². The third-order valence-corrected chi connectivity index (χ3v) is 2.73. The summed E-state index contributed by atoms with van der Waals surface area (Å²) in [4.78, 5) is 4.38. The van der Waals surface area contributed by atoms with Crippen LogP contribution in [0.1, 0.15) is 5.56 Å². The minimum Gasteiger partial charge on any atom is -0.472 e. The van der Waals surface area contributed by atoms with Gasteiger partial charge in [0.1, 0.15) is 0 Å². The van der Waals surface area contributed by atoms with Crippen molar-refractivity contribution in [2.45, 2.75) is 6.92 Å². The van der Waals surface area contributed by atoms with Crippen molar-refractivity contribution in [1.29, 1.82) is 0 Å². The molecule has 0 radical (unpaired) electrons. The molecular formula is C14H11NO. The van der Waals surface area contributed by atoms with Gasteiger partial charge in [-0.15, -0.1) is 0 Å². The van der Waals surface area contributed by atoms with Crippen LogP contribution in [0, 0.1) is 6.92 Å². The molecular weight excluding hydrogens is 198 g/mol. The van der Waals surface area contributed by atoms with E-state index in [1.165, 1.54) is 11.1 Å². The van der Waals surface area contributed by atoms with Crippen LogP contribution < -0.4 is 0 Å². The highest BCUT2D eigenvalue weighted by Gasteiger charge is 2.05. The van der Waals surface area contributed by atoms with Crippen LogP contribution in [0.4, 0.5) is 0 Å². The van der Waals surface area contributed by atoms with Gasteiger partial charge in [-0.1, -0.05) is 12.1 Å². The van der Waals surface area contributed by atoms with Gasteiger partial charge in [0.05, 0.1) is 18.0 Å². The number of furan rings is 1. The van der Waals surface area contributed by atoms with Gasteiger partial charge in [0, 0.05) is 17.1 Å². The number of aryl methyl sites for hydroxylation is 1. The van der Waals surface area contributed by atoms with Crippen molar-refractivity contribution in [3.8, 4) is 11.1 Å². The molecule has 16 heavy (non-hydrogen) atoms. The standard InChI is InChI=1S/C14H11NO/c1-10-2-3-13-12(11-5-7-16-9-11)4-6-15-14(13)8-10/h2-9H,1H3. The second-order valence-corrected chi connectivity index (χ2v) is 3.89. The topological polar surface area (TPSA) is 26.0 Å². The number of hydrogen-bond acceptors (Lipinski definition) is 2. The van der Waals surface area contributed by atoms with E-state index in [-0.39, 0.29) is 0 Å². The molecule has 0 bridgehead atoms. The molecule has 0 spiro atoms. The first kappa shape index (κ1) is 9.16. The molecule has 0 aliphatic carbocycles. The third kappa shape index (κ3) is 1.39. The minimum absolute atomic E-state index is 1.03. The number of pyridine rings is 1. The number of rotatable bonds is 1. The van der Waals surface area contributed by atoms with Crippen molar-refractivity contribution in [3.05, 3.63) is 54.6 Å². The summed E-state index contributed by atoms with van der Waals surface area (Å²) in [5.74, 6) is 0. The average molecular weight is 209 g/mol. The van der Waals surface area contributed by atoms with Crippen molar-refractivity contribution in [1.82, 2.24) is 4.98 Å². The van der Waals surface area contributed by atoms with E-state index in [1.807, 2.05) is 18.3 Å². The highest BCUT2D eigenvalue weighted by atomic mass is 16.3. The van der Waals surface area contributed by atoms with E-state index >= 15 is 0 Å². The number of fused-ring (bicyclic) bond motifs is 1. The lowest BCUT2D eigenvalue weighted by atomic mass is 10.0. The predicted molar refractivity (Wildman–Crippen MR) is 64.2 cm³/mol. The first-order valence-corrected chi connectivity index (χ1v) is 5.22. The number of nitrogens with zero attached hydrogens (tertiary/aromatic N) is 1. The van der Waals surface area contributed by atoms with Crippen molar-refractivity contribution in [2.24, 2.45) is 0 Å². The van der Waals surface area contributed by atoms with Gasteiger partial charge in [-0.05, 0) is 36.2 Å². The lowest BCUT2D eigenvalue weighted by Gasteiger charge is -2.04. The molecule has 0 atom stereocenters. The molecule has 78 valence electrons. The second-order valence-electron chi connectivity index (χ2n) is 3.89. The van der Waals surface area contributed by atoms with Gasteiger partial charge in [0.25, 0.3) is 0 Å². The van der Waals surface area contributed by atoms with Gasteiger partial charge in [0.15, 0.2) is 0 Å². The molecule has 0 aliphatic rings. The van der Waals surface area contributed by atoms with Gasteiger partial charge >= 0.3 is 0 Å². The molecule has 0 saturated heterocycles. The Morgan fingerprint density at radius 2 is 2.06 bits per heavy atom. The lowest BCUT2D eigenvalue weighted by Crippen LogP contribution is -1.83. The Morgan fingerprint density at radius 3 is 2.88 bits per heavy atom. The summed E-state index contributed by atoms with van der Waals surface area (Å²) >= 11 is 0. The quantitative estimate of drug-likeness (QED) is 0.609. The van der Waals surface area contributed by atoms with Crippen LogP contribution in [0.5, 0.6) is 0 Å². The molecule has 0 N–H and O–H groups in total. The van der Waals surface area contributed by atoms with Gasteiger partial charge in [-0.2, -0.15) is 0 Å². The molecule has 2 nitrogen and oxygen atoms in total. The Morgan fingerprint density at radius 1 is 1.12 bits per heavy atom. The van der Waals surface area contributed by atoms with Crippen LogP contribution in [0.15, 0.2) is 53.5 Å². The summed E-state index contributed by atoms with van der Waals surface area (Å²) in [6, 6.07) is 10.3. The van der Waals surface area contributed by atoms with E-state index in [0.717, 1.165) is 16.5 Å². The molecule has 1 aromatic carbocycles. The van der Waals surface area contributed by atoms with Gasteiger partial charge < -0.3 is 4.42 Å². The molecule has 0 unspecified atom stereocenters. The summed E-state index contributed by atoms with van der Waals surface area (Å²) in [5, 5.41) is 1.16. The number of aromatic nitrogens is 1. The molecule has 2 heteroatoms. The van der Waals surface area contributed by atoms with Crippen LogP contribution in [-0.4, -0.2) is 4.98 Å². The Hall–Kier alpha value is -2.09. The maximum absolute atomic E-state index is 5.12. The van der Waals surface area contributed by atoms with Crippen molar-refractivity contribution < 1.29 is 4.42 Å². The summed E-state index contributed by atoms with van der Waals surface area (Å²) in [6.07, 6.45) is 5.29. The Balaban J connectivity index is 2.34. The number of benzene rings is 1. The molecule has 0 saturated carbocycles. The molecule has 0 fully saturated rings. The Kier molecular flexibility index (Phi) is 2.00. The molecule has 0 aliphatic heterocycles. The van der Waals surface area contributed by atoms with Gasteiger partial charge in [-0.25, -0.2) is 0 Å². The molecule has 0 amide bonds. The smallest absolute Gasteiger partial charge is 0.0981 e. The third-order valence-electron chi connectivity index (χ3n) is 2.73. The predicted octanol–water partition coefficient (Wildman–Crippen LogP) is 3.80. The largest absolute Gasteiger partial charge is 0.472 e. The van der Waals surface area contributed by atoms with Crippen LogP contribution in [-0.2, 0) is 0 Å². The van der Waals surface area contributed by atoms with Crippen molar-refractivity contribution >= 4 is 10.9 Å². The van der Waals surface area contributed by atoms with E-state index in [9.17, 15) is 0 Å². The highest BCUT2D eigenvalue weighted by Crippen LogP contribution is 2.27. The monoisotopic (exact) mass is 209 g/mol. The minimum atomic E-state index is 1.03. The average Bonchev–Trinajstić information content (AvgIpc) is 2.81. The summed E-state index contributed by atoms with van der Waals surface area (Å²) < 4.78 is 5.12. The zero-order valence-electron chi connectivity index (χ0n) is 8.97. The normalized spacial score (nSPS) is 10.8. The molecule has 2 heterocycles. The van der Waals surface area contributed by atoms with Gasteiger partial charge in [0.2, 0.25) is 0 Å². The first-order chi connectivity index (χ1) is 7.84. The molecule has 3 rings (SSSR count). The maximum Gasteiger partial charge on any atom is 0.0981 e. The van der Waals surface area contributed by atoms with Crippen LogP contribution in [0.25, 0.3) is 22.0 Å². The van der Waals surface area contributed by atoms with E-state index in [0.29, 0.717) is 0 Å². The van der Waals surface area contributed by atoms with Gasteiger partial charge in [-0.3, -0.25) is 4.98 Å². The van der Waals surface area contributed by atoms with E-state index in [1.54, 1.807) is 12.5 Å². The Labute approximate surface area is 93.5 Å². The van der Waals surface area contributed by atoms with Crippen molar-refractivity contribution in [3.63, 3.8) is 0 Å². The summed E-state index contributed by atoms with van der Waals surface area (Å²) in [6.45, 7) is 2.08. The maximum atomic E-state index is 5.12. The lowest BCUT2D eigenvalue weighted by molar-refractivity contribution is 0.568. The zero-order valence-corrected chi connectivity index (χ0v) is 8.97. The molecule has 3 aromatic rings. The fourth-order valence-electron chi connectivity index (χ4n) is 1.93. The molecule has 2 aromatic heterocycles. The number of hydrogen-bond donors (Lipinski definition) is 0. The van der Waals surface area contributed by atoms with Crippen LogP contribution in [0.3, 0.4) is 0 Å². The van der Waals surface area contributed by atoms with Crippen LogP contribution >= 0.6 is 0 Å². The van der Waals surface area contributed by atoms with Crippen molar-refractivity contribution in [2.75, 3.05) is 0 Å². The van der Waals surface area contributed by atoms with Crippen LogP contribution in [0.2, 0.25) is 0 Å². The summed E-state index contributed by atoms with van der Waals surface area (Å²) in [7, 11) is 0. The fourth-order valence-corrected chi connectivity index (χ4v) is 1.93. The summed E-state index contributed by atoms with van der Waals surface area (Å²) in [5.41, 5.74) is 4.51. The Bertz CT molecular complexity index is 626. The fraction of sp³-hybridized carbons (Fsp3) is 0.0714. The highest BCUT2D eigenvalue weighted by molar-refractivity contribution is 5.94. The van der Waals surface area contributed by atoms with E-state index in [2.05, 4.69) is 30.1 Å².